The maximum atomic E-state index is 5.88. The summed E-state index contributed by atoms with van der Waals surface area (Å²) in [6.07, 6.45) is 8.53. The van der Waals surface area contributed by atoms with Crippen molar-refractivity contribution in [2.24, 2.45) is 10.7 Å². The van der Waals surface area contributed by atoms with E-state index in [1.807, 2.05) is 12.1 Å². The minimum atomic E-state index is 0. The number of guanidine groups is 1. The monoisotopic (exact) mass is 385 g/mol. The molecule has 4 heteroatoms. The van der Waals surface area contributed by atoms with E-state index < -0.39 is 0 Å². The van der Waals surface area contributed by atoms with Gasteiger partial charge < -0.3 is 11.1 Å². The van der Waals surface area contributed by atoms with Crippen molar-refractivity contribution < 1.29 is 0 Å². The summed E-state index contributed by atoms with van der Waals surface area (Å²) in [5.74, 6) is 0.500. The summed E-state index contributed by atoms with van der Waals surface area (Å²) in [7, 11) is 0. The first-order valence-corrected chi connectivity index (χ1v) is 7.05. The molecule has 3 N–H and O–H groups in total. The number of aryl methyl sites for hydroxylation is 1. The molecule has 0 unspecified atom stereocenters. The first kappa shape index (κ1) is 17.0. The van der Waals surface area contributed by atoms with Crippen molar-refractivity contribution in [3.05, 3.63) is 41.5 Å². The molecule has 1 aromatic rings. The highest BCUT2D eigenvalue weighted by molar-refractivity contribution is 14.0. The molecule has 0 spiro atoms. The van der Waals surface area contributed by atoms with Crippen LogP contribution < -0.4 is 11.1 Å². The average Bonchev–Trinajstić information content (AvgIpc) is 2.43. The Labute approximate surface area is 138 Å². The van der Waals surface area contributed by atoms with E-state index in [0.717, 1.165) is 18.7 Å². The molecular formula is C16H24IN3. The van der Waals surface area contributed by atoms with Crippen LogP contribution in [0.5, 0.6) is 0 Å². The Morgan fingerprint density at radius 3 is 2.65 bits per heavy atom. The van der Waals surface area contributed by atoms with Gasteiger partial charge in [-0.3, -0.25) is 4.99 Å². The number of aliphatic imine (C=N–C) groups is 1. The number of allylic oxidation sites excluding steroid dienone is 1. The number of nitrogens with zero attached hydrogens (tertiary/aromatic N) is 1. The lowest BCUT2D eigenvalue weighted by atomic mass is 9.97. The number of nitrogens with one attached hydrogen (secondary N) is 1. The molecule has 0 aromatic heterocycles. The van der Waals surface area contributed by atoms with Gasteiger partial charge in [0.05, 0.1) is 0 Å². The third kappa shape index (κ3) is 5.94. The van der Waals surface area contributed by atoms with Gasteiger partial charge >= 0.3 is 0 Å². The minimum absolute atomic E-state index is 0. The van der Waals surface area contributed by atoms with Crippen LogP contribution in [-0.4, -0.2) is 12.5 Å². The van der Waals surface area contributed by atoms with Gasteiger partial charge in [-0.2, -0.15) is 0 Å². The van der Waals surface area contributed by atoms with Gasteiger partial charge in [0.25, 0.3) is 0 Å². The second-order valence-electron chi connectivity index (χ2n) is 5.12. The molecule has 2 rings (SSSR count). The fourth-order valence-electron chi connectivity index (χ4n) is 2.28. The van der Waals surface area contributed by atoms with Crippen molar-refractivity contribution in [2.45, 2.75) is 39.0 Å². The van der Waals surface area contributed by atoms with Crippen molar-refractivity contribution in [3.63, 3.8) is 0 Å². The van der Waals surface area contributed by atoms with Gasteiger partial charge in [0, 0.05) is 12.2 Å². The van der Waals surface area contributed by atoms with Crippen LogP contribution in [0.4, 0.5) is 5.69 Å². The molecular weight excluding hydrogens is 361 g/mol. The lowest BCUT2D eigenvalue weighted by Crippen LogP contribution is -2.22. The maximum Gasteiger partial charge on any atom is 0.193 e. The zero-order valence-electron chi connectivity index (χ0n) is 12.1. The number of hydrogen-bond donors (Lipinski definition) is 2. The molecule has 0 atom stereocenters. The Bertz CT molecular complexity index is 463. The normalized spacial score (nSPS) is 15.2. The van der Waals surface area contributed by atoms with Gasteiger partial charge in [0.2, 0.25) is 0 Å². The van der Waals surface area contributed by atoms with E-state index in [0.29, 0.717) is 5.96 Å². The second kappa shape index (κ2) is 9.00. The summed E-state index contributed by atoms with van der Waals surface area (Å²) in [6, 6.07) is 8.15. The standard InChI is InChI=1S/C16H23N3.HI/c1-13-7-9-15(10-8-13)19-16(17)18-12-11-14-5-3-2-4-6-14;/h5,7-10H,2-4,6,11-12H2,1H3,(H3,17,18,19);1H. The summed E-state index contributed by atoms with van der Waals surface area (Å²) in [4.78, 5) is 4.38. The fraction of sp³-hybridized carbons (Fsp3) is 0.438. The fourth-order valence-corrected chi connectivity index (χ4v) is 2.28. The van der Waals surface area contributed by atoms with E-state index in [1.165, 1.54) is 36.8 Å². The van der Waals surface area contributed by atoms with Crippen molar-refractivity contribution >= 4 is 35.6 Å². The van der Waals surface area contributed by atoms with Crippen LogP contribution in [0.15, 0.2) is 40.9 Å². The first-order chi connectivity index (χ1) is 9.24. The van der Waals surface area contributed by atoms with Gasteiger partial charge in [0.1, 0.15) is 0 Å². The summed E-state index contributed by atoms with van der Waals surface area (Å²) in [5.41, 5.74) is 9.65. The van der Waals surface area contributed by atoms with Crippen LogP contribution in [0.25, 0.3) is 0 Å². The molecule has 0 bridgehead atoms. The number of nitrogens with two attached hydrogens (primary N) is 1. The zero-order valence-corrected chi connectivity index (χ0v) is 14.4. The summed E-state index contributed by atoms with van der Waals surface area (Å²) >= 11 is 0. The highest BCUT2D eigenvalue weighted by Crippen LogP contribution is 2.19. The molecule has 0 fully saturated rings. The molecule has 0 saturated heterocycles. The number of rotatable bonds is 4. The highest BCUT2D eigenvalue weighted by Gasteiger charge is 2.02. The Hall–Kier alpha value is -1.04. The van der Waals surface area contributed by atoms with Gasteiger partial charge in [0.15, 0.2) is 5.96 Å². The lowest BCUT2D eigenvalue weighted by Gasteiger charge is -2.11. The molecule has 20 heavy (non-hydrogen) atoms. The van der Waals surface area contributed by atoms with Gasteiger partial charge in [-0.25, -0.2) is 0 Å². The van der Waals surface area contributed by atoms with E-state index in [2.05, 4.69) is 35.4 Å². The molecule has 0 amide bonds. The first-order valence-electron chi connectivity index (χ1n) is 7.05. The Kier molecular flexibility index (Phi) is 7.65. The van der Waals surface area contributed by atoms with Crippen LogP contribution in [-0.2, 0) is 0 Å². The molecule has 3 nitrogen and oxygen atoms in total. The number of hydrogen-bond acceptors (Lipinski definition) is 1. The van der Waals surface area contributed by atoms with Crippen LogP contribution in [0.2, 0.25) is 0 Å². The van der Waals surface area contributed by atoms with Gasteiger partial charge in [-0.05, 0) is 51.2 Å². The number of halogens is 1. The predicted molar refractivity (Wildman–Crippen MR) is 97.9 cm³/mol. The van der Waals surface area contributed by atoms with Crippen LogP contribution in [0.1, 0.15) is 37.7 Å². The smallest absolute Gasteiger partial charge is 0.193 e. The topological polar surface area (TPSA) is 50.4 Å². The zero-order chi connectivity index (χ0) is 13.5. The van der Waals surface area contributed by atoms with Gasteiger partial charge in [-0.1, -0.05) is 29.3 Å². The third-order valence-corrected chi connectivity index (χ3v) is 3.42. The summed E-state index contributed by atoms with van der Waals surface area (Å²) < 4.78 is 0. The van der Waals surface area contributed by atoms with Crippen LogP contribution in [0.3, 0.4) is 0 Å². The van der Waals surface area contributed by atoms with Gasteiger partial charge in [-0.15, -0.1) is 24.0 Å². The predicted octanol–water partition coefficient (Wildman–Crippen LogP) is 4.23. The number of anilines is 1. The molecule has 1 aliphatic rings. The molecule has 1 aromatic carbocycles. The lowest BCUT2D eigenvalue weighted by molar-refractivity contribution is 0.676. The summed E-state index contributed by atoms with van der Waals surface area (Å²) in [6.45, 7) is 2.84. The molecule has 1 aliphatic carbocycles. The van der Waals surface area contributed by atoms with E-state index in [1.54, 1.807) is 0 Å². The molecule has 0 aliphatic heterocycles. The maximum absolute atomic E-state index is 5.88. The van der Waals surface area contributed by atoms with E-state index in [-0.39, 0.29) is 24.0 Å². The Morgan fingerprint density at radius 1 is 1.25 bits per heavy atom. The van der Waals surface area contributed by atoms with Crippen molar-refractivity contribution in [1.29, 1.82) is 0 Å². The van der Waals surface area contributed by atoms with Crippen LogP contribution >= 0.6 is 24.0 Å². The largest absolute Gasteiger partial charge is 0.370 e. The third-order valence-electron chi connectivity index (χ3n) is 3.42. The van der Waals surface area contributed by atoms with E-state index in [4.69, 9.17) is 5.73 Å². The van der Waals surface area contributed by atoms with E-state index in [9.17, 15) is 0 Å². The highest BCUT2D eigenvalue weighted by atomic mass is 127. The molecule has 0 saturated carbocycles. The van der Waals surface area contributed by atoms with Crippen molar-refractivity contribution in [2.75, 3.05) is 11.9 Å². The minimum Gasteiger partial charge on any atom is -0.370 e. The summed E-state index contributed by atoms with van der Waals surface area (Å²) in [5, 5.41) is 3.12. The Balaban J connectivity index is 0.00000200. The van der Waals surface area contributed by atoms with Crippen molar-refractivity contribution in [3.8, 4) is 0 Å². The average molecular weight is 385 g/mol. The second-order valence-corrected chi connectivity index (χ2v) is 5.12. The number of benzene rings is 1. The quantitative estimate of drug-likeness (QED) is 0.353. The Morgan fingerprint density at radius 2 is 2.00 bits per heavy atom. The van der Waals surface area contributed by atoms with E-state index >= 15 is 0 Å². The SMILES string of the molecule is Cc1ccc(NC(N)=NCCC2=CCCCC2)cc1.I. The molecule has 110 valence electrons. The molecule has 0 heterocycles. The van der Waals surface area contributed by atoms with Crippen LogP contribution in [0, 0.1) is 6.92 Å². The van der Waals surface area contributed by atoms with Crippen molar-refractivity contribution in [1.82, 2.24) is 0 Å². The molecule has 0 radical (unpaired) electrons.